The average Bonchev–Trinajstić information content (AvgIpc) is 2.96. The predicted molar refractivity (Wildman–Crippen MR) is 75.8 cm³/mol. The summed E-state index contributed by atoms with van der Waals surface area (Å²) in [6.45, 7) is 3.72. The molecule has 0 radical (unpaired) electrons. The van der Waals surface area contributed by atoms with Crippen LogP contribution in [0.5, 0.6) is 5.75 Å². The van der Waals surface area contributed by atoms with Crippen LogP contribution in [-0.4, -0.2) is 32.3 Å². The Morgan fingerprint density at radius 3 is 3.20 bits per heavy atom. The molecule has 0 bridgehead atoms. The summed E-state index contributed by atoms with van der Waals surface area (Å²) in [7, 11) is 0. The van der Waals surface area contributed by atoms with Crippen LogP contribution in [0.25, 0.3) is 0 Å². The molecule has 1 saturated heterocycles. The summed E-state index contributed by atoms with van der Waals surface area (Å²) in [6.07, 6.45) is 2.34. The van der Waals surface area contributed by atoms with E-state index in [-0.39, 0.29) is 12.5 Å². The van der Waals surface area contributed by atoms with Crippen molar-refractivity contribution < 1.29 is 14.3 Å². The second-order valence-electron chi connectivity index (χ2n) is 5.36. The number of amides is 1. The van der Waals surface area contributed by atoms with Gasteiger partial charge in [-0.2, -0.15) is 0 Å². The molecule has 1 aromatic rings. The lowest BCUT2D eigenvalue weighted by Gasteiger charge is -2.18. The van der Waals surface area contributed by atoms with Crippen LogP contribution in [0.2, 0.25) is 0 Å². The van der Waals surface area contributed by atoms with E-state index in [0.29, 0.717) is 5.92 Å². The minimum atomic E-state index is -0.0937. The second-order valence-corrected chi connectivity index (χ2v) is 5.36. The third-order valence-corrected chi connectivity index (χ3v) is 3.76. The van der Waals surface area contributed by atoms with Crippen molar-refractivity contribution in [3.05, 3.63) is 23.8 Å². The van der Waals surface area contributed by atoms with Crippen molar-refractivity contribution in [2.75, 3.05) is 31.7 Å². The molecule has 2 N–H and O–H groups in total. The molecule has 1 amide bonds. The average molecular weight is 276 g/mol. The SMILES string of the molecule is O=C1COc2ccc(CNCCC3CCOC3)cc2N1. The van der Waals surface area contributed by atoms with Gasteiger partial charge in [-0.15, -0.1) is 0 Å². The number of carbonyl (C=O) groups is 1. The summed E-state index contributed by atoms with van der Waals surface area (Å²) in [5.41, 5.74) is 1.92. The fourth-order valence-corrected chi connectivity index (χ4v) is 2.59. The molecule has 0 saturated carbocycles. The minimum Gasteiger partial charge on any atom is -0.482 e. The van der Waals surface area contributed by atoms with Gasteiger partial charge in [-0.3, -0.25) is 4.79 Å². The van der Waals surface area contributed by atoms with Crippen molar-refractivity contribution in [2.24, 2.45) is 5.92 Å². The molecule has 0 aliphatic carbocycles. The summed E-state index contributed by atoms with van der Waals surface area (Å²) in [4.78, 5) is 11.3. The molecule has 1 unspecified atom stereocenters. The minimum absolute atomic E-state index is 0.0937. The molecule has 0 aromatic heterocycles. The third kappa shape index (κ3) is 3.29. The quantitative estimate of drug-likeness (QED) is 0.801. The highest BCUT2D eigenvalue weighted by molar-refractivity contribution is 5.95. The number of ether oxygens (including phenoxy) is 2. The molecule has 20 heavy (non-hydrogen) atoms. The maximum atomic E-state index is 11.3. The Bertz CT molecular complexity index is 484. The highest BCUT2D eigenvalue weighted by Crippen LogP contribution is 2.28. The van der Waals surface area contributed by atoms with Gasteiger partial charge in [0, 0.05) is 19.8 Å². The van der Waals surface area contributed by atoms with Crippen molar-refractivity contribution in [3.8, 4) is 5.75 Å². The number of rotatable bonds is 5. The molecule has 2 aliphatic rings. The third-order valence-electron chi connectivity index (χ3n) is 3.76. The maximum Gasteiger partial charge on any atom is 0.262 e. The lowest BCUT2D eigenvalue weighted by atomic mass is 10.1. The van der Waals surface area contributed by atoms with Crippen molar-refractivity contribution in [1.82, 2.24) is 5.32 Å². The fourth-order valence-electron chi connectivity index (χ4n) is 2.59. The Labute approximate surface area is 118 Å². The lowest BCUT2D eigenvalue weighted by molar-refractivity contribution is -0.118. The summed E-state index contributed by atoms with van der Waals surface area (Å²) >= 11 is 0. The fraction of sp³-hybridized carbons (Fsp3) is 0.533. The molecule has 108 valence electrons. The Morgan fingerprint density at radius 2 is 2.35 bits per heavy atom. The van der Waals surface area contributed by atoms with Gasteiger partial charge in [0.1, 0.15) is 5.75 Å². The Hall–Kier alpha value is -1.59. The Kier molecular flexibility index (Phi) is 4.18. The molecule has 1 aromatic carbocycles. The van der Waals surface area contributed by atoms with Gasteiger partial charge in [0.2, 0.25) is 0 Å². The van der Waals surface area contributed by atoms with Gasteiger partial charge in [-0.25, -0.2) is 0 Å². The van der Waals surface area contributed by atoms with E-state index in [1.165, 1.54) is 6.42 Å². The number of anilines is 1. The highest BCUT2D eigenvalue weighted by atomic mass is 16.5. The van der Waals surface area contributed by atoms with E-state index in [0.717, 1.165) is 49.7 Å². The molecule has 1 fully saturated rings. The van der Waals surface area contributed by atoms with Crippen LogP contribution in [0, 0.1) is 5.92 Å². The summed E-state index contributed by atoms with van der Waals surface area (Å²) in [6, 6.07) is 5.91. The van der Waals surface area contributed by atoms with Gasteiger partial charge in [0.25, 0.3) is 5.91 Å². The standard InChI is InChI=1S/C15H20N2O3/c18-15-10-20-14-2-1-12(7-13(14)17-15)8-16-5-3-11-4-6-19-9-11/h1-2,7,11,16H,3-6,8-10H2,(H,17,18). The number of benzene rings is 1. The first-order valence-corrected chi connectivity index (χ1v) is 7.15. The zero-order valence-electron chi connectivity index (χ0n) is 11.5. The van der Waals surface area contributed by atoms with Gasteiger partial charge < -0.3 is 20.1 Å². The van der Waals surface area contributed by atoms with Crippen LogP contribution in [-0.2, 0) is 16.1 Å². The van der Waals surface area contributed by atoms with Crippen LogP contribution in [0.4, 0.5) is 5.69 Å². The first-order chi connectivity index (χ1) is 9.81. The Morgan fingerprint density at radius 1 is 1.40 bits per heavy atom. The lowest BCUT2D eigenvalue weighted by Crippen LogP contribution is -2.25. The molecule has 2 aliphatic heterocycles. The summed E-state index contributed by atoms with van der Waals surface area (Å²) < 4.78 is 10.7. The molecular formula is C15H20N2O3. The molecule has 1 atom stereocenters. The predicted octanol–water partition coefficient (Wildman–Crippen LogP) is 1.53. The smallest absolute Gasteiger partial charge is 0.262 e. The van der Waals surface area contributed by atoms with Crippen LogP contribution in [0.15, 0.2) is 18.2 Å². The molecule has 0 spiro atoms. The van der Waals surface area contributed by atoms with E-state index in [9.17, 15) is 4.79 Å². The van der Waals surface area contributed by atoms with E-state index in [1.54, 1.807) is 0 Å². The topological polar surface area (TPSA) is 59.6 Å². The van der Waals surface area contributed by atoms with Crippen LogP contribution in [0.3, 0.4) is 0 Å². The van der Waals surface area contributed by atoms with Crippen molar-refractivity contribution in [1.29, 1.82) is 0 Å². The second kappa shape index (κ2) is 6.24. The van der Waals surface area contributed by atoms with E-state index in [2.05, 4.69) is 10.6 Å². The van der Waals surface area contributed by atoms with E-state index >= 15 is 0 Å². The molecular weight excluding hydrogens is 256 g/mol. The monoisotopic (exact) mass is 276 g/mol. The zero-order chi connectivity index (χ0) is 13.8. The number of nitrogens with one attached hydrogen (secondary N) is 2. The number of hydrogen-bond donors (Lipinski definition) is 2. The van der Waals surface area contributed by atoms with Crippen LogP contribution in [0.1, 0.15) is 18.4 Å². The molecule has 5 nitrogen and oxygen atoms in total. The molecule has 3 rings (SSSR count). The number of fused-ring (bicyclic) bond motifs is 1. The van der Waals surface area contributed by atoms with Gasteiger partial charge in [0.05, 0.1) is 5.69 Å². The maximum absolute atomic E-state index is 11.3. The normalized spacial score (nSPS) is 21.2. The Balaban J connectivity index is 1.47. The van der Waals surface area contributed by atoms with Crippen molar-refractivity contribution in [2.45, 2.75) is 19.4 Å². The summed E-state index contributed by atoms with van der Waals surface area (Å²) in [5, 5.41) is 6.26. The highest BCUT2D eigenvalue weighted by Gasteiger charge is 2.16. The van der Waals surface area contributed by atoms with Crippen molar-refractivity contribution in [3.63, 3.8) is 0 Å². The largest absolute Gasteiger partial charge is 0.482 e. The number of hydrogen-bond acceptors (Lipinski definition) is 4. The van der Waals surface area contributed by atoms with E-state index in [4.69, 9.17) is 9.47 Å². The molecule has 5 heteroatoms. The van der Waals surface area contributed by atoms with E-state index in [1.807, 2.05) is 18.2 Å². The van der Waals surface area contributed by atoms with Crippen LogP contribution >= 0.6 is 0 Å². The van der Waals surface area contributed by atoms with E-state index < -0.39 is 0 Å². The van der Waals surface area contributed by atoms with Crippen LogP contribution < -0.4 is 15.4 Å². The van der Waals surface area contributed by atoms with Crippen molar-refractivity contribution >= 4 is 11.6 Å². The van der Waals surface area contributed by atoms with Gasteiger partial charge in [-0.05, 0) is 43.0 Å². The first kappa shape index (κ1) is 13.4. The number of carbonyl (C=O) groups excluding carboxylic acids is 1. The zero-order valence-corrected chi connectivity index (χ0v) is 11.5. The summed E-state index contributed by atoms with van der Waals surface area (Å²) in [5.74, 6) is 1.36. The van der Waals surface area contributed by atoms with Gasteiger partial charge in [0.15, 0.2) is 6.61 Å². The first-order valence-electron chi connectivity index (χ1n) is 7.15. The van der Waals surface area contributed by atoms with Gasteiger partial charge >= 0.3 is 0 Å². The van der Waals surface area contributed by atoms with Gasteiger partial charge in [-0.1, -0.05) is 6.07 Å². The molecule has 2 heterocycles.